The molecule has 0 aromatic heterocycles. The summed E-state index contributed by atoms with van der Waals surface area (Å²) in [6, 6.07) is 0. The first-order valence-corrected chi connectivity index (χ1v) is 3.70. The standard InChI is InChI=1S/C3H6O5S.2Na.2H/c4-3(5)1-2-9(6,7)8;;;;/h1-2H2,(H,4,5)(H,6,7,8);;;;. The number of carboxylic acid groups (broad SMARTS) is 1. The van der Waals surface area contributed by atoms with Gasteiger partial charge in [-0.05, 0) is 0 Å². The minimum absolute atomic E-state index is 0. The monoisotopic (exact) mass is 202 g/mol. The van der Waals surface area contributed by atoms with E-state index in [-0.39, 0.29) is 59.1 Å². The molecule has 5 nitrogen and oxygen atoms in total. The van der Waals surface area contributed by atoms with E-state index < -0.39 is 28.3 Å². The molecule has 0 aliphatic rings. The van der Waals surface area contributed by atoms with Crippen LogP contribution in [0.5, 0.6) is 0 Å². The van der Waals surface area contributed by atoms with Crippen LogP contribution >= 0.6 is 0 Å². The van der Waals surface area contributed by atoms with E-state index in [2.05, 4.69) is 0 Å². The maximum absolute atomic E-state index is 9.83. The van der Waals surface area contributed by atoms with Crippen LogP contribution < -0.4 is 0 Å². The van der Waals surface area contributed by atoms with Gasteiger partial charge in [-0.1, -0.05) is 0 Å². The van der Waals surface area contributed by atoms with Crippen molar-refractivity contribution in [2.45, 2.75) is 6.42 Å². The third-order valence-corrected chi connectivity index (χ3v) is 1.29. The average molecular weight is 202 g/mol. The Hall–Kier alpha value is 1.38. The summed E-state index contributed by atoms with van der Waals surface area (Å²) in [6.07, 6.45) is -0.557. The van der Waals surface area contributed by atoms with Crippen LogP contribution in [-0.2, 0) is 14.9 Å². The van der Waals surface area contributed by atoms with Gasteiger partial charge in [-0.3, -0.25) is 9.35 Å². The van der Waals surface area contributed by atoms with Crippen molar-refractivity contribution in [3.8, 4) is 0 Å². The summed E-state index contributed by atoms with van der Waals surface area (Å²) in [4.78, 5) is 9.67. The van der Waals surface area contributed by atoms with E-state index in [0.717, 1.165) is 0 Å². The molecule has 58 valence electrons. The van der Waals surface area contributed by atoms with E-state index in [1.54, 1.807) is 0 Å². The molecule has 0 aliphatic heterocycles. The van der Waals surface area contributed by atoms with Gasteiger partial charge in [0.25, 0.3) is 10.1 Å². The number of aliphatic carboxylic acids is 1. The fraction of sp³-hybridized carbons (Fsp3) is 0.667. The van der Waals surface area contributed by atoms with E-state index >= 15 is 0 Å². The van der Waals surface area contributed by atoms with Gasteiger partial charge < -0.3 is 5.11 Å². The summed E-state index contributed by atoms with van der Waals surface area (Å²) < 4.78 is 27.6. The predicted molar refractivity (Wildman–Crippen MR) is 43.0 cm³/mol. The molecule has 11 heavy (non-hydrogen) atoms. The molecule has 0 amide bonds. The van der Waals surface area contributed by atoms with E-state index in [9.17, 15) is 13.2 Å². The molecule has 0 aromatic rings. The third kappa shape index (κ3) is 18.4. The SMILES string of the molecule is O=C(O)CCS(=O)(=O)O.[NaH].[NaH]. The zero-order valence-corrected chi connectivity index (χ0v) is 5.26. The molecule has 0 rings (SSSR count). The summed E-state index contributed by atoms with van der Waals surface area (Å²) >= 11 is 0. The third-order valence-electron chi connectivity index (χ3n) is 0.574. The summed E-state index contributed by atoms with van der Waals surface area (Å²) in [7, 11) is -4.10. The molecule has 0 fully saturated rings. The van der Waals surface area contributed by atoms with E-state index in [4.69, 9.17) is 9.66 Å². The van der Waals surface area contributed by atoms with Crippen LogP contribution in [0, 0.1) is 0 Å². The molecule has 0 saturated carbocycles. The normalized spacial score (nSPS) is 9.18. The van der Waals surface area contributed by atoms with Gasteiger partial charge in [0, 0.05) is 0 Å². The van der Waals surface area contributed by atoms with Crippen LogP contribution in [0.15, 0.2) is 0 Å². The van der Waals surface area contributed by atoms with Gasteiger partial charge in [0.2, 0.25) is 0 Å². The fourth-order valence-corrected chi connectivity index (χ4v) is 0.649. The molecule has 0 atom stereocenters. The molecule has 0 saturated heterocycles. The Balaban J connectivity index is -0.000000320. The molecule has 2 N–H and O–H groups in total. The molecule has 0 aliphatic carbocycles. The summed E-state index contributed by atoms with van der Waals surface area (Å²) in [5.74, 6) is -1.96. The zero-order valence-electron chi connectivity index (χ0n) is 4.44. The first kappa shape index (κ1) is 18.2. The molecule has 0 aromatic carbocycles. The van der Waals surface area contributed by atoms with E-state index in [0.29, 0.717) is 0 Å². The van der Waals surface area contributed by atoms with Crippen LogP contribution in [0.3, 0.4) is 0 Å². The van der Waals surface area contributed by atoms with E-state index in [1.165, 1.54) is 0 Å². The van der Waals surface area contributed by atoms with Crippen molar-refractivity contribution in [1.82, 2.24) is 0 Å². The van der Waals surface area contributed by atoms with Crippen molar-refractivity contribution in [1.29, 1.82) is 0 Å². The Morgan fingerprint density at radius 2 is 1.64 bits per heavy atom. The van der Waals surface area contributed by atoms with Crippen LogP contribution in [0.1, 0.15) is 6.42 Å². The van der Waals surface area contributed by atoms with Crippen molar-refractivity contribution in [2.24, 2.45) is 0 Å². The second kappa shape index (κ2) is 8.00. The number of hydrogen-bond donors (Lipinski definition) is 2. The molecule has 8 heteroatoms. The Labute approximate surface area is 109 Å². The topological polar surface area (TPSA) is 91.7 Å². The maximum atomic E-state index is 9.83. The molecular weight excluding hydrogens is 194 g/mol. The van der Waals surface area contributed by atoms with Gasteiger partial charge in [0.15, 0.2) is 0 Å². The van der Waals surface area contributed by atoms with Gasteiger partial charge in [-0.25, -0.2) is 0 Å². The van der Waals surface area contributed by atoms with Crippen molar-refractivity contribution in [3.63, 3.8) is 0 Å². The quantitative estimate of drug-likeness (QED) is 0.410. The minimum atomic E-state index is -4.10. The molecule has 0 unspecified atom stereocenters. The summed E-state index contributed by atoms with van der Waals surface area (Å²) in [5, 5.41) is 7.90. The number of carboxylic acids is 1. The van der Waals surface area contributed by atoms with Gasteiger partial charge in [0.05, 0.1) is 12.2 Å². The number of hydrogen-bond acceptors (Lipinski definition) is 3. The predicted octanol–water partition coefficient (Wildman–Crippen LogP) is -1.95. The van der Waals surface area contributed by atoms with Crippen LogP contribution in [0.25, 0.3) is 0 Å². The molecule has 0 radical (unpaired) electrons. The van der Waals surface area contributed by atoms with Crippen LogP contribution in [0.4, 0.5) is 0 Å². The second-order valence-corrected chi connectivity index (χ2v) is 3.00. The average Bonchev–Trinajstić information content (AvgIpc) is 1.59. The Morgan fingerprint density at radius 1 is 1.27 bits per heavy atom. The van der Waals surface area contributed by atoms with Gasteiger partial charge in [0.1, 0.15) is 0 Å². The van der Waals surface area contributed by atoms with E-state index in [1.807, 2.05) is 0 Å². The van der Waals surface area contributed by atoms with Crippen LogP contribution in [0.2, 0.25) is 0 Å². The first-order valence-electron chi connectivity index (χ1n) is 2.09. The van der Waals surface area contributed by atoms with Gasteiger partial charge >= 0.3 is 65.1 Å². The number of rotatable bonds is 3. The molecule has 0 heterocycles. The van der Waals surface area contributed by atoms with Crippen LogP contribution in [-0.4, -0.2) is 88.9 Å². The Kier molecular flexibility index (Phi) is 13.3. The molecule has 0 spiro atoms. The van der Waals surface area contributed by atoms with Gasteiger partial charge in [-0.2, -0.15) is 8.42 Å². The summed E-state index contributed by atoms with van der Waals surface area (Å²) in [6.45, 7) is 0. The molecular formula is C3H8Na2O5S. The van der Waals surface area contributed by atoms with Crippen molar-refractivity contribution >= 4 is 75.2 Å². The Bertz CT molecular complexity index is 198. The van der Waals surface area contributed by atoms with Gasteiger partial charge in [-0.15, -0.1) is 0 Å². The first-order chi connectivity index (χ1) is 3.92. The van der Waals surface area contributed by atoms with Crippen molar-refractivity contribution in [2.75, 3.05) is 5.75 Å². The molecule has 0 bridgehead atoms. The fourth-order valence-electron chi connectivity index (χ4n) is 0.216. The van der Waals surface area contributed by atoms with Crippen molar-refractivity contribution < 1.29 is 22.9 Å². The summed E-state index contributed by atoms with van der Waals surface area (Å²) in [5.41, 5.74) is 0. The zero-order chi connectivity index (χ0) is 7.49. The second-order valence-electron chi connectivity index (χ2n) is 1.43. The Morgan fingerprint density at radius 3 is 1.73 bits per heavy atom. The number of carbonyl (C=O) groups is 1. The van der Waals surface area contributed by atoms with Crippen molar-refractivity contribution in [3.05, 3.63) is 0 Å².